The molecular formula is C26H31F3N2O4. The molecule has 0 heterocycles. The highest BCUT2D eigenvalue weighted by Crippen LogP contribution is 2.42. The van der Waals surface area contributed by atoms with Crippen molar-refractivity contribution in [2.75, 3.05) is 13.2 Å². The maximum absolute atomic E-state index is 13.2. The number of amides is 2. The molecule has 2 aromatic carbocycles. The maximum Gasteiger partial charge on any atom is 0.421 e. The number of primary amides is 1. The van der Waals surface area contributed by atoms with Crippen molar-refractivity contribution >= 4 is 12.0 Å². The molecule has 1 atom stereocenters. The van der Waals surface area contributed by atoms with Crippen molar-refractivity contribution in [1.82, 2.24) is 4.90 Å². The molecule has 0 radical (unpaired) electrons. The van der Waals surface area contributed by atoms with E-state index in [1.165, 1.54) is 12.1 Å². The molecule has 0 aromatic heterocycles. The molecule has 0 unspecified atom stereocenters. The maximum atomic E-state index is 13.2. The lowest BCUT2D eigenvalue weighted by Crippen LogP contribution is -2.47. The highest BCUT2D eigenvalue weighted by Gasteiger charge is 2.51. The molecule has 1 aliphatic carbocycles. The van der Waals surface area contributed by atoms with Gasteiger partial charge in [-0.3, -0.25) is 4.79 Å². The number of nitrogens with two attached hydrogens (primary N) is 1. The van der Waals surface area contributed by atoms with E-state index in [1.807, 2.05) is 37.3 Å². The van der Waals surface area contributed by atoms with E-state index in [-0.39, 0.29) is 29.7 Å². The minimum atomic E-state index is -4.83. The number of ether oxygens (including phenoxy) is 1. The van der Waals surface area contributed by atoms with E-state index in [2.05, 4.69) is 0 Å². The molecule has 0 bridgehead atoms. The van der Waals surface area contributed by atoms with Crippen molar-refractivity contribution in [2.24, 2.45) is 5.73 Å². The molecular weight excluding hydrogens is 461 g/mol. The summed E-state index contributed by atoms with van der Waals surface area (Å²) >= 11 is 0. The number of benzene rings is 2. The highest BCUT2D eigenvalue weighted by atomic mass is 19.4. The van der Waals surface area contributed by atoms with E-state index in [0.717, 1.165) is 17.7 Å². The molecule has 6 nitrogen and oxygen atoms in total. The summed E-state index contributed by atoms with van der Waals surface area (Å²) < 4.78 is 44.6. The first-order valence-electron chi connectivity index (χ1n) is 11.6. The number of carbonyl (C=O) groups excluding carboxylic acids is 2. The van der Waals surface area contributed by atoms with Gasteiger partial charge in [0.15, 0.2) is 5.60 Å². The summed E-state index contributed by atoms with van der Waals surface area (Å²) in [5, 5.41) is 9.87. The normalized spacial score (nSPS) is 22.2. The average Bonchev–Trinajstić information content (AvgIpc) is 2.84. The zero-order valence-electron chi connectivity index (χ0n) is 19.8. The van der Waals surface area contributed by atoms with Crippen LogP contribution in [0.2, 0.25) is 0 Å². The van der Waals surface area contributed by atoms with Crippen LogP contribution >= 0.6 is 0 Å². The second kappa shape index (κ2) is 10.3. The van der Waals surface area contributed by atoms with E-state index >= 15 is 0 Å². The van der Waals surface area contributed by atoms with Crippen LogP contribution in [0, 0.1) is 0 Å². The van der Waals surface area contributed by atoms with Gasteiger partial charge in [-0.1, -0.05) is 42.5 Å². The Labute approximate surface area is 202 Å². The van der Waals surface area contributed by atoms with Crippen molar-refractivity contribution < 1.29 is 32.6 Å². The Morgan fingerprint density at radius 2 is 1.66 bits per heavy atom. The van der Waals surface area contributed by atoms with Crippen LogP contribution in [-0.2, 0) is 15.8 Å². The summed E-state index contributed by atoms with van der Waals surface area (Å²) in [6.07, 6.45) is -2.99. The number of carbonyl (C=O) groups is 2. The van der Waals surface area contributed by atoms with Gasteiger partial charge in [0.2, 0.25) is 0 Å². The van der Waals surface area contributed by atoms with E-state index in [4.69, 9.17) is 10.5 Å². The molecule has 0 saturated heterocycles. The monoisotopic (exact) mass is 492 g/mol. The Morgan fingerprint density at radius 3 is 2.14 bits per heavy atom. The van der Waals surface area contributed by atoms with Crippen molar-refractivity contribution in [2.45, 2.75) is 62.8 Å². The van der Waals surface area contributed by atoms with Gasteiger partial charge in [-0.2, -0.15) is 13.2 Å². The van der Waals surface area contributed by atoms with Crippen LogP contribution in [-0.4, -0.2) is 47.4 Å². The summed E-state index contributed by atoms with van der Waals surface area (Å²) in [5.74, 6) is -0.281. The van der Waals surface area contributed by atoms with Gasteiger partial charge in [-0.25, -0.2) is 4.79 Å². The molecule has 1 fully saturated rings. The number of halogens is 3. The van der Waals surface area contributed by atoms with E-state index in [1.54, 1.807) is 4.90 Å². The molecule has 1 saturated carbocycles. The Hall–Kier alpha value is -3.07. The topological polar surface area (TPSA) is 92.9 Å². The van der Waals surface area contributed by atoms with Gasteiger partial charge < -0.3 is 20.5 Å². The molecule has 0 aliphatic heterocycles. The predicted octanol–water partition coefficient (Wildman–Crippen LogP) is 4.89. The molecule has 35 heavy (non-hydrogen) atoms. The van der Waals surface area contributed by atoms with Crippen LogP contribution in [0.5, 0.6) is 0 Å². The third-order valence-corrected chi connectivity index (χ3v) is 7.08. The molecule has 2 aromatic rings. The molecule has 0 spiro atoms. The van der Waals surface area contributed by atoms with Crippen molar-refractivity contribution in [3.63, 3.8) is 0 Å². The minimum Gasteiger partial charge on any atom is -0.449 e. The van der Waals surface area contributed by atoms with Crippen LogP contribution in [0.25, 0.3) is 0 Å². The lowest BCUT2D eigenvalue weighted by atomic mass is 9.68. The second-order valence-electron chi connectivity index (χ2n) is 9.22. The van der Waals surface area contributed by atoms with Crippen molar-refractivity contribution in [3.8, 4) is 0 Å². The third kappa shape index (κ3) is 5.61. The second-order valence-corrected chi connectivity index (χ2v) is 9.22. The van der Waals surface area contributed by atoms with Gasteiger partial charge in [0, 0.05) is 23.6 Å². The zero-order valence-corrected chi connectivity index (χ0v) is 19.8. The number of hydrogen-bond acceptors (Lipinski definition) is 4. The third-order valence-electron chi connectivity index (χ3n) is 7.08. The Bertz CT molecular complexity index is 1020. The van der Waals surface area contributed by atoms with Gasteiger partial charge >= 0.3 is 12.3 Å². The summed E-state index contributed by atoms with van der Waals surface area (Å²) in [7, 11) is 0. The fraction of sp³-hybridized carbons (Fsp3) is 0.462. The number of nitrogens with zero attached hydrogens (tertiary/aromatic N) is 1. The van der Waals surface area contributed by atoms with Gasteiger partial charge in [0.25, 0.3) is 5.91 Å². The smallest absolute Gasteiger partial charge is 0.421 e. The van der Waals surface area contributed by atoms with Crippen LogP contribution in [0.4, 0.5) is 18.0 Å². The zero-order chi connectivity index (χ0) is 25.9. The lowest BCUT2D eigenvalue weighted by molar-refractivity contribution is -0.258. The number of rotatable bonds is 7. The summed E-state index contributed by atoms with van der Waals surface area (Å²) in [4.78, 5) is 26.2. The lowest BCUT2D eigenvalue weighted by Gasteiger charge is -2.43. The Morgan fingerprint density at radius 1 is 1.09 bits per heavy atom. The van der Waals surface area contributed by atoms with Gasteiger partial charge in [0.1, 0.15) is 6.61 Å². The molecule has 9 heteroatoms. The highest BCUT2D eigenvalue weighted by molar-refractivity contribution is 5.94. The van der Waals surface area contributed by atoms with E-state index in [0.29, 0.717) is 39.2 Å². The van der Waals surface area contributed by atoms with Gasteiger partial charge in [-0.05, 0) is 62.8 Å². The van der Waals surface area contributed by atoms with E-state index in [9.17, 15) is 27.9 Å². The molecule has 3 N–H and O–H groups in total. The first-order valence-corrected chi connectivity index (χ1v) is 11.6. The van der Waals surface area contributed by atoms with Crippen molar-refractivity contribution in [1.29, 1.82) is 0 Å². The van der Waals surface area contributed by atoms with Gasteiger partial charge in [0.05, 0.1) is 0 Å². The standard InChI is InChI=1S/C26H31F3N2O4/c1-3-31(22(32)18-9-11-19(12-10-18)24(2,34)26(27,28)29)21-13-15-25(16-14-21,17-35-23(30)33)20-7-5-4-6-8-20/h4-12,21,34H,3,13-17H2,1-2H3,(H2,30,33)/t21?,24-,25?/m0/s1. The fourth-order valence-electron chi connectivity index (χ4n) is 4.82. The quantitative estimate of drug-likeness (QED) is 0.575. The Balaban J connectivity index is 1.75. The minimum absolute atomic E-state index is 0.0733. The van der Waals surface area contributed by atoms with Crippen molar-refractivity contribution in [3.05, 3.63) is 71.3 Å². The number of hydrogen-bond donors (Lipinski definition) is 2. The molecule has 3 rings (SSSR count). The number of alkyl halides is 3. The van der Waals surface area contributed by atoms with E-state index < -0.39 is 23.3 Å². The van der Waals surface area contributed by atoms with Crippen LogP contribution in [0.3, 0.4) is 0 Å². The fourth-order valence-corrected chi connectivity index (χ4v) is 4.82. The predicted molar refractivity (Wildman–Crippen MR) is 125 cm³/mol. The molecule has 2 amide bonds. The summed E-state index contributed by atoms with van der Waals surface area (Å²) in [5.41, 5.74) is 2.78. The summed E-state index contributed by atoms with van der Waals surface area (Å²) in [6.45, 7) is 3.13. The average molecular weight is 493 g/mol. The SMILES string of the molecule is CCN(C(=O)c1ccc([C@](C)(O)C(F)(F)F)cc1)C1CCC(COC(N)=O)(c2ccccc2)CC1. The van der Waals surface area contributed by atoms with Crippen LogP contribution < -0.4 is 5.73 Å². The molecule has 1 aliphatic rings. The summed E-state index contributed by atoms with van der Waals surface area (Å²) in [6, 6.07) is 14.6. The first kappa shape index (κ1) is 26.5. The van der Waals surface area contributed by atoms with Crippen LogP contribution in [0.1, 0.15) is 61.0 Å². The van der Waals surface area contributed by atoms with Gasteiger partial charge in [-0.15, -0.1) is 0 Å². The molecule has 190 valence electrons. The number of aliphatic hydroxyl groups is 1. The Kier molecular flexibility index (Phi) is 7.79. The van der Waals surface area contributed by atoms with Crippen LogP contribution in [0.15, 0.2) is 54.6 Å². The largest absolute Gasteiger partial charge is 0.449 e. The first-order chi connectivity index (χ1) is 16.4.